The lowest BCUT2D eigenvalue weighted by atomic mass is 10.1. The topological polar surface area (TPSA) is 63.4 Å². The summed E-state index contributed by atoms with van der Waals surface area (Å²) < 4.78 is 7.28. The van der Waals surface area contributed by atoms with Crippen LogP contribution in [0.1, 0.15) is 5.56 Å². The summed E-state index contributed by atoms with van der Waals surface area (Å²) in [6, 6.07) is 11.8. The molecule has 1 aliphatic rings. The molecule has 3 aromatic rings. The van der Waals surface area contributed by atoms with Crippen LogP contribution >= 0.6 is 11.8 Å². The largest absolute Gasteiger partial charge is 0.504 e. The number of hydrogen-bond acceptors (Lipinski definition) is 6. The Kier molecular flexibility index (Phi) is 5.08. The molecule has 26 heavy (non-hydrogen) atoms. The SMILES string of the molecule is Oc1cccnc1-n1ccnc1SCc1ccccc1N1CCOCC1. The number of imidazole rings is 1. The van der Waals surface area contributed by atoms with Crippen LogP contribution in [0.4, 0.5) is 5.69 Å². The van der Waals surface area contributed by atoms with Gasteiger partial charge in [0.25, 0.3) is 0 Å². The van der Waals surface area contributed by atoms with E-state index in [1.165, 1.54) is 11.3 Å². The fourth-order valence-corrected chi connectivity index (χ4v) is 3.97. The second-order valence-electron chi connectivity index (χ2n) is 5.94. The second-order valence-corrected chi connectivity index (χ2v) is 6.89. The first-order chi connectivity index (χ1) is 12.8. The van der Waals surface area contributed by atoms with Crippen LogP contribution in [0, 0.1) is 0 Å². The third kappa shape index (κ3) is 3.54. The van der Waals surface area contributed by atoms with Gasteiger partial charge < -0.3 is 14.7 Å². The normalized spacial score (nSPS) is 14.5. The van der Waals surface area contributed by atoms with Crippen molar-refractivity contribution in [3.8, 4) is 11.6 Å². The standard InChI is InChI=1S/C19H20N4O2S/c24-17-6-3-7-20-18(17)23-9-8-21-19(23)26-14-15-4-1-2-5-16(15)22-10-12-25-13-11-22/h1-9,24H,10-14H2. The smallest absolute Gasteiger partial charge is 0.181 e. The summed E-state index contributed by atoms with van der Waals surface area (Å²) in [5.41, 5.74) is 2.52. The minimum absolute atomic E-state index is 0.140. The molecule has 4 rings (SSSR count). The molecule has 134 valence electrons. The summed E-state index contributed by atoms with van der Waals surface area (Å²) in [5.74, 6) is 1.42. The number of pyridine rings is 1. The molecule has 0 saturated carbocycles. The lowest BCUT2D eigenvalue weighted by Crippen LogP contribution is -2.36. The molecule has 1 aromatic carbocycles. The molecular formula is C19H20N4O2S. The van der Waals surface area contributed by atoms with E-state index in [1.54, 1.807) is 36.3 Å². The van der Waals surface area contributed by atoms with Crippen LogP contribution in [0.5, 0.6) is 5.75 Å². The second kappa shape index (κ2) is 7.80. The van der Waals surface area contributed by atoms with E-state index in [2.05, 4.69) is 39.1 Å². The summed E-state index contributed by atoms with van der Waals surface area (Å²) in [6.45, 7) is 3.37. The molecule has 0 atom stereocenters. The van der Waals surface area contributed by atoms with E-state index in [4.69, 9.17) is 4.74 Å². The molecule has 0 spiro atoms. The van der Waals surface area contributed by atoms with Gasteiger partial charge in [-0.25, -0.2) is 9.97 Å². The van der Waals surface area contributed by atoms with Crippen LogP contribution < -0.4 is 4.90 Å². The average Bonchev–Trinajstić information content (AvgIpc) is 3.16. The Bertz CT molecular complexity index is 877. The fourth-order valence-electron chi connectivity index (χ4n) is 3.02. The predicted molar refractivity (Wildman–Crippen MR) is 102 cm³/mol. The van der Waals surface area contributed by atoms with Crippen molar-refractivity contribution in [2.75, 3.05) is 31.2 Å². The number of nitrogens with zero attached hydrogens (tertiary/aromatic N) is 4. The van der Waals surface area contributed by atoms with Gasteiger partial charge in [0.1, 0.15) is 0 Å². The maximum Gasteiger partial charge on any atom is 0.181 e. The number of aromatic nitrogens is 3. The lowest BCUT2D eigenvalue weighted by Gasteiger charge is -2.30. The average molecular weight is 368 g/mol. The third-order valence-electron chi connectivity index (χ3n) is 4.30. The Morgan fingerprint density at radius 2 is 1.88 bits per heavy atom. The molecule has 0 amide bonds. The molecule has 0 aliphatic carbocycles. The predicted octanol–water partition coefficient (Wildman–Crippen LogP) is 3.10. The quantitative estimate of drug-likeness (QED) is 0.698. The zero-order valence-corrected chi connectivity index (χ0v) is 15.1. The number of hydrogen-bond donors (Lipinski definition) is 1. The van der Waals surface area contributed by atoms with Crippen molar-refractivity contribution in [1.29, 1.82) is 0 Å². The van der Waals surface area contributed by atoms with E-state index in [0.29, 0.717) is 5.82 Å². The van der Waals surface area contributed by atoms with Crippen LogP contribution in [0.15, 0.2) is 60.1 Å². The highest BCUT2D eigenvalue weighted by Gasteiger charge is 2.16. The van der Waals surface area contributed by atoms with Gasteiger partial charge in [0.15, 0.2) is 16.7 Å². The van der Waals surface area contributed by atoms with E-state index in [1.807, 2.05) is 10.8 Å². The Morgan fingerprint density at radius 1 is 1.04 bits per heavy atom. The summed E-state index contributed by atoms with van der Waals surface area (Å²) in [7, 11) is 0. The molecule has 1 aliphatic heterocycles. The lowest BCUT2D eigenvalue weighted by molar-refractivity contribution is 0.122. The molecule has 0 radical (unpaired) electrons. The van der Waals surface area contributed by atoms with Crippen LogP contribution in [0.3, 0.4) is 0 Å². The Morgan fingerprint density at radius 3 is 2.73 bits per heavy atom. The zero-order chi connectivity index (χ0) is 17.8. The summed E-state index contributed by atoms with van der Waals surface area (Å²) in [5, 5.41) is 10.9. The minimum atomic E-state index is 0.140. The molecule has 2 aromatic heterocycles. The van der Waals surface area contributed by atoms with Crippen molar-refractivity contribution in [3.05, 3.63) is 60.6 Å². The number of rotatable bonds is 5. The van der Waals surface area contributed by atoms with E-state index in [9.17, 15) is 5.11 Å². The van der Waals surface area contributed by atoms with E-state index >= 15 is 0 Å². The summed E-state index contributed by atoms with van der Waals surface area (Å²) in [4.78, 5) is 11.1. The highest BCUT2D eigenvalue weighted by atomic mass is 32.2. The number of thioether (sulfide) groups is 1. The van der Waals surface area contributed by atoms with Crippen molar-refractivity contribution in [2.45, 2.75) is 10.9 Å². The molecule has 7 heteroatoms. The fraction of sp³-hybridized carbons (Fsp3) is 0.263. The van der Waals surface area contributed by atoms with E-state index in [0.717, 1.165) is 37.2 Å². The number of para-hydroxylation sites is 1. The summed E-state index contributed by atoms with van der Waals surface area (Å²) >= 11 is 1.63. The van der Waals surface area contributed by atoms with Gasteiger partial charge in [0.05, 0.1) is 13.2 Å². The van der Waals surface area contributed by atoms with Gasteiger partial charge in [0.2, 0.25) is 0 Å². The van der Waals surface area contributed by atoms with Gasteiger partial charge >= 0.3 is 0 Å². The molecule has 1 saturated heterocycles. The first kappa shape index (κ1) is 16.9. The highest BCUT2D eigenvalue weighted by Crippen LogP contribution is 2.30. The third-order valence-corrected chi connectivity index (χ3v) is 5.32. The van der Waals surface area contributed by atoms with Crippen molar-refractivity contribution in [1.82, 2.24) is 14.5 Å². The van der Waals surface area contributed by atoms with Gasteiger partial charge in [-0.15, -0.1) is 0 Å². The highest BCUT2D eigenvalue weighted by molar-refractivity contribution is 7.98. The minimum Gasteiger partial charge on any atom is -0.504 e. The molecular weight excluding hydrogens is 348 g/mol. The van der Waals surface area contributed by atoms with E-state index < -0.39 is 0 Å². The van der Waals surface area contributed by atoms with Crippen LogP contribution in [-0.4, -0.2) is 45.9 Å². The van der Waals surface area contributed by atoms with Crippen molar-refractivity contribution >= 4 is 17.4 Å². The van der Waals surface area contributed by atoms with Crippen molar-refractivity contribution in [2.24, 2.45) is 0 Å². The van der Waals surface area contributed by atoms with Crippen LogP contribution in [-0.2, 0) is 10.5 Å². The number of ether oxygens (including phenoxy) is 1. The van der Waals surface area contributed by atoms with Gasteiger partial charge in [-0.05, 0) is 23.8 Å². The molecule has 6 nitrogen and oxygen atoms in total. The van der Waals surface area contributed by atoms with Crippen molar-refractivity contribution < 1.29 is 9.84 Å². The van der Waals surface area contributed by atoms with Crippen LogP contribution in [0.2, 0.25) is 0 Å². The van der Waals surface area contributed by atoms with Crippen molar-refractivity contribution in [3.63, 3.8) is 0 Å². The Labute approximate surface area is 156 Å². The van der Waals surface area contributed by atoms with Gasteiger partial charge in [-0.3, -0.25) is 4.57 Å². The first-order valence-corrected chi connectivity index (χ1v) is 9.52. The molecule has 1 N–H and O–H groups in total. The molecule has 0 bridgehead atoms. The monoisotopic (exact) mass is 368 g/mol. The molecule has 1 fully saturated rings. The molecule has 0 unspecified atom stereocenters. The maximum atomic E-state index is 10.1. The van der Waals surface area contributed by atoms with Gasteiger partial charge in [-0.1, -0.05) is 30.0 Å². The van der Waals surface area contributed by atoms with Crippen LogP contribution in [0.25, 0.3) is 5.82 Å². The summed E-state index contributed by atoms with van der Waals surface area (Å²) in [6.07, 6.45) is 5.21. The Balaban J connectivity index is 1.54. The molecule has 3 heterocycles. The maximum absolute atomic E-state index is 10.1. The van der Waals surface area contributed by atoms with Gasteiger partial charge in [-0.2, -0.15) is 0 Å². The number of anilines is 1. The number of aromatic hydroxyl groups is 1. The van der Waals surface area contributed by atoms with Gasteiger partial charge in [0, 0.05) is 43.1 Å². The zero-order valence-electron chi connectivity index (χ0n) is 14.3. The Hall–Kier alpha value is -2.51. The van der Waals surface area contributed by atoms with E-state index in [-0.39, 0.29) is 5.75 Å². The number of morpholine rings is 1. The first-order valence-electron chi connectivity index (χ1n) is 8.54. The number of benzene rings is 1.